The van der Waals surface area contributed by atoms with E-state index in [0.29, 0.717) is 44.7 Å². The van der Waals surface area contributed by atoms with Crippen LogP contribution in [0, 0.1) is 5.82 Å². The zero-order chi connectivity index (χ0) is 21.2. The summed E-state index contributed by atoms with van der Waals surface area (Å²) in [7, 11) is 1.75. The van der Waals surface area contributed by atoms with Crippen molar-refractivity contribution >= 4 is 29.9 Å². The number of pyridine rings is 1. The number of guanidine groups is 1. The fourth-order valence-corrected chi connectivity index (χ4v) is 3.42. The summed E-state index contributed by atoms with van der Waals surface area (Å²) in [5.74, 6) is 1.09. The molecule has 0 radical (unpaired) electrons. The Kier molecular flexibility index (Phi) is 11.0. The van der Waals surface area contributed by atoms with Gasteiger partial charge >= 0.3 is 0 Å². The molecule has 1 aliphatic rings. The molecule has 1 aliphatic heterocycles. The average Bonchev–Trinajstić information content (AvgIpc) is 2.78. The van der Waals surface area contributed by atoms with E-state index < -0.39 is 0 Å². The van der Waals surface area contributed by atoms with Crippen molar-refractivity contribution < 1.29 is 13.9 Å². The van der Waals surface area contributed by atoms with Crippen LogP contribution in [0.2, 0.25) is 0 Å². The number of aromatic nitrogens is 1. The minimum Gasteiger partial charge on any atom is -0.478 e. The molecule has 0 spiro atoms. The number of rotatable bonds is 8. The third kappa shape index (κ3) is 7.89. The van der Waals surface area contributed by atoms with Crippen LogP contribution >= 0.6 is 24.0 Å². The van der Waals surface area contributed by atoms with Crippen LogP contribution in [0.3, 0.4) is 0 Å². The molecule has 1 atom stereocenters. The summed E-state index contributed by atoms with van der Waals surface area (Å²) in [4.78, 5) is 10.9. The summed E-state index contributed by atoms with van der Waals surface area (Å²) in [5.41, 5.74) is 2.12. The van der Waals surface area contributed by atoms with Gasteiger partial charge in [-0.05, 0) is 36.2 Å². The maximum atomic E-state index is 13.4. The predicted octanol–water partition coefficient (Wildman–Crippen LogP) is 2.98. The quantitative estimate of drug-likeness (QED) is 0.303. The third-order valence-electron chi connectivity index (χ3n) is 4.98. The number of ether oxygens (including phenoxy) is 2. The molecule has 0 saturated carbocycles. The number of nitrogens with one attached hydrogen (secondary N) is 2. The highest BCUT2D eigenvalue weighted by molar-refractivity contribution is 14.0. The van der Waals surface area contributed by atoms with Crippen molar-refractivity contribution in [2.75, 3.05) is 46.5 Å². The molecule has 1 fully saturated rings. The molecular formula is C22H31FIN5O2. The maximum absolute atomic E-state index is 13.4. The molecule has 1 aromatic heterocycles. The van der Waals surface area contributed by atoms with E-state index >= 15 is 0 Å². The Balaban J connectivity index is 0.00000341. The van der Waals surface area contributed by atoms with Crippen LogP contribution < -0.4 is 15.4 Å². The van der Waals surface area contributed by atoms with Gasteiger partial charge in [-0.25, -0.2) is 9.37 Å². The molecule has 1 aromatic carbocycles. The highest BCUT2D eigenvalue weighted by atomic mass is 127. The van der Waals surface area contributed by atoms with Gasteiger partial charge in [0.1, 0.15) is 5.82 Å². The maximum Gasteiger partial charge on any atom is 0.213 e. The van der Waals surface area contributed by atoms with Crippen LogP contribution in [0.1, 0.15) is 24.1 Å². The Morgan fingerprint density at radius 2 is 1.97 bits per heavy atom. The lowest BCUT2D eigenvalue weighted by Gasteiger charge is -2.35. The van der Waals surface area contributed by atoms with Gasteiger partial charge in [-0.2, -0.15) is 0 Å². The van der Waals surface area contributed by atoms with E-state index in [1.165, 1.54) is 12.1 Å². The van der Waals surface area contributed by atoms with Crippen molar-refractivity contribution in [3.8, 4) is 5.88 Å². The van der Waals surface area contributed by atoms with Crippen LogP contribution in [0.25, 0.3) is 0 Å². The van der Waals surface area contributed by atoms with Gasteiger partial charge in [-0.15, -0.1) is 24.0 Å². The standard InChI is InChI=1S/C22H30FN5O2.HI/c1-3-30-21-14-17(8-9-25-21)15-26-22(24-2)27-16-20(28-10-12-29-13-11-28)18-4-6-19(23)7-5-18;/h4-9,14,20H,3,10-13,15-16H2,1-2H3,(H2,24,26,27);1H. The first-order valence-corrected chi connectivity index (χ1v) is 10.3. The summed E-state index contributed by atoms with van der Waals surface area (Å²) < 4.78 is 24.4. The fraction of sp³-hybridized carbons (Fsp3) is 0.455. The van der Waals surface area contributed by atoms with Crippen molar-refractivity contribution in [2.45, 2.75) is 19.5 Å². The van der Waals surface area contributed by atoms with Crippen molar-refractivity contribution in [1.29, 1.82) is 0 Å². The minimum absolute atomic E-state index is 0. The first-order valence-electron chi connectivity index (χ1n) is 10.3. The number of hydrogen-bond donors (Lipinski definition) is 2. The molecule has 9 heteroatoms. The van der Waals surface area contributed by atoms with Gasteiger partial charge in [0.2, 0.25) is 5.88 Å². The highest BCUT2D eigenvalue weighted by Gasteiger charge is 2.23. The van der Waals surface area contributed by atoms with Crippen LogP contribution in [0.15, 0.2) is 47.6 Å². The second kappa shape index (κ2) is 13.4. The van der Waals surface area contributed by atoms with E-state index in [1.807, 2.05) is 31.2 Å². The van der Waals surface area contributed by atoms with E-state index in [-0.39, 0.29) is 35.8 Å². The van der Waals surface area contributed by atoms with Gasteiger partial charge < -0.3 is 20.1 Å². The third-order valence-corrected chi connectivity index (χ3v) is 4.98. The largest absolute Gasteiger partial charge is 0.478 e. The summed E-state index contributed by atoms with van der Waals surface area (Å²) in [6.45, 7) is 6.85. The Morgan fingerprint density at radius 1 is 1.23 bits per heavy atom. The van der Waals surface area contributed by atoms with Gasteiger partial charge in [0.05, 0.1) is 25.9 Å². The molecule has 2 aromatic rings. The van der Waals surface area contributed by atoms with Gasteiger partial charge in [-0.1, -0.05) is 12.1 Å². The Labute approximate surface area is 200 Å². The first-order chi connectivity index (χ1) is 14.7. The second-order valence-electron chi connectivity index (χ2n) is 6.96. The van der Waals surface area contributed by atoms with E-state index in [2.05, 4.69) is 25.5 Å². The molecule has 1 saturated heterocycles. The van der Waals surface area contributed by atoms with Crippen LogP contribution in [-0.4, -0.2) is 62.3 Å². The van der Waals surface area contributed by atoms with Crippen molar-refractivity contribution in [2.24, 2.45) is 4.99 Å². The lowest BCUT2D eigenvalue weighted by molar-refractivity contribution is 0.0170. The van der Waals surface area contributed by atoms with Crippen LogP contribution in [-0.2, 0) is 11.3 Å². The monoisotopic (exact) mass is 543 g/mol. The number of benzene rings is 1. The Hall–Kier alpha value is -1.98. The Bertz CT molecular complexity index is 816. The minimum atomic E-state index is -0.228. The van der Waals surface area contributed by atoms with Crippen LogP contribution in [0.5, 0.6) is 5.88 Å². The zero-order valence-electron chi connectivity index (χ0n) is 18.0. The number of morpholine rings is 1. The van der Waals surface area contributed by atoms with Crippen molar-refractivity contribution in [3.05, 3.63) is 59.5 Å². The van der Waals surface area contributed by atoms with Gasteiger partial charge in [0.25, 0.3) is 0 Å². The first kappa shape index (κ1) is 25.3. The summed E-state index contributed by atoms with van der Waals surface area (Å²) in [6.07, 6.45) is 1.74. The summed E-state index contributed by atoms with van der Waals surface area (Å²) >= 11 is 0. The smallest absolute Gasteiger partial charge is 0.213 e. The fourth-order valence-electron chi connectivity index (χ4n) is 3.42. The van der Waals surface area contributed by atoms with Gasteiger partial charge in [-0.3, -0.25) is 9.89 Å². The molecule has 2 N–H and O–H groups in total. The van der Waals surface area contributed by atoms with Crippen molar-refractivity contribution in [1.82, 2.24) is 20.5 Å². The molecule has 1 unspecified atom stereocenters. The van der Waals surface area contributed by atoms with Crippen molar-refractivity contribution in [3.63, 3.8) is 0 Å². The molecule has 170 valence electrons. The summed E-state index contributed by atoms with van der Waals surface area (Å²) in [6, 6.07) is 10.7. The molecule has 31 heavy (non-hydrogen) atoms. The molecular weight excluding hydrogens is 512 g/mol. The Morgan fingerprint density at radius 3 is 2.65 bits per heavy atom. The van der Waals surface area contributed by atoms with Gasteiger partial charge in [0, 0.05) is 45.5 Å². The molecule has 7 nitrogen and oxygen atoms in total. The molecule has 0 amide bonds. The van der Waals surface area contributed by atoms with E-state index in [0.717, 1.165) is 24.2 Å². The lowest BCUT2D eigenvalue weighted by Crippen LogP contribution is -2.46. The predicted molar refractivity (Wildman–Crippen MR) is 131 cm³/mol. The number of hydrogen-bond acceptors (Lipinski definition) is 5. The van der Waals surface area contributed by atoms with E-state index in [9.17, 15) is 4.39 Å². The molecule has 3 rings (SSSR count). The van der Waals surface area contributed by atoms with E-state index in [1.54, 1.807) is 13.2 Å². The highest BCUT2D eigenvalue weighted by Crippen LogP contribution is 2.21. The average molecular weight is 543 g/mol. The topological polar surface area (TPSA) is 71.0 Å². The molecule has 2 heterocycles. The zero-order valence-corrected chi connectivity index (χ0v) is 20.3. The SMILES string of the molecule is CCOc1cc(CNC(=NC)NCC(c2ccc(F)cc2)N2CCOCC2)ccn1.I. The van der Waals surface area contributed by atoms with E-state index in [4.69, 9.17) is 9.47 Å². The summed E-state index contributed by atoms with van der Waals surface area (Å²) in [5, 5.41) is 6.73. The van der Waals surface area contributed by atoms with Gasteiger partial charge in [0.15, 0.2) is 5.96 Å². The number of aliphatic imine (C=N–C) groups is 1. The number of halogens is 2. The van der Waals surface area contributed by atoms with Crippen LogP contribution in [0.4, 0.5) is 4.39 Å². The molecule has 0 aliphatic carbocycles. The lowest BCUT2D eigenvalue weighted by atomic mass is 10.0. The second-order valence-corrected chi connectivity index (χ2v) is 6.96. The molecule has 0 bridgehead atoms. The normalized spacial score (nSPS) is 15.6. The number of nitrogens with zero attached hydrogens (tertiary/aromatic N) is 3.